The summed E-state index contributed by atoms with van der Waals surface area (Å²) in [7, 11) is 0. The van der Waals surface area contributed by atoms with Crippen LogP contribution in [0, 0.1) is 0 Å². The number of anilines is 2. The first-order chi connectivity index (χ1) is 10.6. The largest absolute Gasteiger partial charge is 0.374 e. The molecule has 0 saturated carbocycles. The zero-order valence-corrected chi connectivity index (χ0v) is 12.1. The second-order valence-electron chi connectivity index (χ2n) is 5.42. The molecule has 0 spiro atoms. The summed E-state index contributed by atoms with van der Waals surface area (Å²) in [6.07, 6.45) is 0.806. The van der Waals surface area contributed by atoms with Crippen LogP contribution in [-0.2, 0) is 14.4 Å². The lowest BCUT2D eigenvalue weighted by molar-refractivity contribution is -0.133. The summed E-state index contributed by atoms with van der Waals surface area (Å²) in [4.78, 5) is 36.6. The average Bonchev–Trinajstić information content (AvgIpc) is 2.51. The molecular formula is C15H18N4O3. The second kappa shape index (κ2) is 6.15. The highest BCUT2D eigenvalue weighted by Crippen LogP contribution is 2.22. The predicted molar refractivity (Wildman–Crippen MR) is 81.5 cm³/mol. The molecule has 1 atom stereocenters. The molecule has 2 aliphatic rings. The fraction of sp³-hybridized carbons (Fsp3) is 0.400. The third kappa shape index (κ3) is 3.09. The first-order valence-electron chi connectivity index (χ1n) is 7.35. The highest BCUT2D eigenvalue weighted by molar-refractivity contribution is 6.01. The summed E-state index contributed by atoms with van der Waals surface area (Å²) in [5.41, 5.74) is 1.57. The maximum absolute atomic E-state index is 11.9. The molecule has 0 radical (unpaired) electrons. The van der Waals surface area contributed by atoms with Gasteiger partial charge in [-0.15, -0.1) is 0 Å². The lowest BCUT2D eigenvalue weighted by atomic mass is 10.1. The number of amides is 3. The number of hydrogen-bond acceptors (Lipinski definition) is 5. The van der Waals surface area contributed by atoms with Gasteiger partial charge in [0.05, 0.1) is 6.54 Å². The Balaban J connectivity index is 1.72. The lowest BCUT2D eigenvalue weighted by Crippen LogP contribution is -2.48. The van der Waals surface area contributed by atoms with Crippen LogP contribution in [0.1, 0.15) is 12.8 Å². The Labute approximate surface area is 128 Å². The predicted octanol–water partition coefficient (Wildman–Crippen LogP) is -0.160. The van der Waals surface area contributed by atoms with Crippen molar-refractivity contribution in [3.63, 3.8) is 0 Å². The molecule has 3 N–H and O–H groups in total. The molecule has 3 rings (SSSR count). The van der Waals surface area contributed by atoms with Gasteiger partial charge in [0.15, 0.2) is 0 Å². The number of carbonyl (C=O) groups is 3. The number of nitrogens with one attached hydrogen (secondary N) is 3. The van der Waals surface area contributed by atoms with Gasteiger partial charge < -0.3 is 15.5 Å². The topological polar surface area (TPSA) is 90.5 Å². The smallest absolute Gasteiger partial charge is 0.249 e. The normalized spacial score (nSPS) is 22.5. The van der Waals surface area contributed by atoms with Crippen LogP contribution >= 0.6 is 0 Å². The van der Waals surface area contributed by atoms with Crippen molar-refractivity contribution in [2.24, 2.45) is 0 Å². The van der Waals surface area contributed by atoms with Gasteiger partial charge in [0.2, 0.25) is 17.7 Å². The van der Waals surface area contributed by atoms with E-state index in [2.05, 4.69) is 16.0 Å². The Morgan fingerprint density at radius 1 is 1.23 bits per heavy atom. The molecule has 22 heavy (non-hydrogen) atoms. The number of nitrogens with zero attached hydrogens (tertiary/aromatic N) is 1. The Morgan fingerprint density at radius 3 is 2.86 bits per heavy atom. The van der Waals surface area contributed by atoms with Crippen molar-refractivity contribution < 1.29 is 14.4 Å². The van der Waals surface area contributed by atoms with Crippen LogP contribution in [0.4, 0.5) is 11.4 Å². The Morgan fingerprint density at radius 2 is 2.09 bits per heavy atom. The van der Waals surface area contributed by atoms with E-state index < -0.39 is 6.04 Å². The average molecular weight is 302 g/mol. The van der Waals surface area contributed by atoms with Gasteiger partial charge in [0.1, 0.15) is 6.04 Å². The zero-order chi connectivity index (χ0) is 15.5. The first kappa shape index (κ1) is 14.5. The maximum atomic E-state index is 11.9. The standard InChI is InChI=1S/C15H18N4O3/c20-13-5-4-12(15(22)18-13)17-10-2-1-3-11(8-10)19-7-6-16-9-14(19)21/h1-3,8,12,16-17H,4-7,9H2,(H,18,20,22)/t12-/m1/s1. The van der Waals surface area contributed by atoms with Crippen LogP contribution in [0.15, 0.2) is 24.3 Å². The number of hydrogen-bond donors (Lipinski definition) is 3. The van der Waals surface area contributed by atoms with E-state index in [4.69, 9.17) is 0 Å². The van der Waals surface area contributed by atoms with Crippen molar-refractivity contribution >= 4 is 29.1 Å². The second-order valence-corrected chi connectivity index (χ2v) is 5.42. The molecule has 2 saturated heterocycles. The molecule has 0 unspecified atom stereocenters. The highest BCUT2D eigenvalue weighted by Gasteiger charge is 2.26. The molecule has 2 fully saturated rings. The van der Waals surface area contributed by atoms with Crippen molar-refractivity contribution in [2.75, 3.05) is 29.9 Å². The van der Waals surface area contributed by atoms with Crippen LogP contribution in [0.2, 0.25) is 0 Å². The molecular weight excluding hydrogens is 284 g/mol. The Hall–Kier alpha value is -2.41. The lowest BCUT2D eigenvalue weighted by Gasteiger charge is -2.28. The van der Waals surface area contributed by atoms with E-state index in [0.29, 0.717) is 25.9 Å². The van der Waals surface area contributed by atoms with Crippen molar-refractivity contribution in [3.05, 3.63) is 24.3 Å². The molecule has 0 aromatic heterocycles. The number of piperazine rings is 1. The SMILES string of the molecule is O=C1CC[C@@H](Nc2cccc(N3CCNCC3=O)c2)C(=O)N1. The number of rotatable bonds is 3. The molecule has 1 aromatic rings. The van der Waals surface area contributed by atoms with Crippen molar-refractivity contribution in [2.45, 2.75) is 18.9 Å². The monoisotopic (exact) mass is 302 g/mol. The fourth-order valence-corrected chi connectivity index (χ4v) is 2.68. The summed E-state index contributed by atoms with van der Waals surface area (Å²) in [6, 6.07) is 7.00. The van der Waals surface area contributed by atoms with Gasteiger partial charge in [-0.1, -0.05) is 6.07 Å². The van der Waals surface area contributed by atoms with E-state index in [-0.39, 0.29) is 17.7 Å². The van der Waals surface area contributed by atoms with Crippen molar-refractivity contribution in [1.29, 1.82) is 0 Å². The minimum atomic E-state index is -0.424. The summed E-state index contributed by atoms with van der Waals surface area (Å²) in [6.45, 7) is 1.72. The van der Waals surface area contributed by atoms with Gasteiger partial charge in [-0.2, -0.15) is 0 Å². The first-order valence-corrected chi connectivity index (χ1v) is 7.35. The summed E-state index contributed by atoms with van der Waals surface area (Å²) >= 11 is 0. The molecule has 7 nitrogen and oxygen atoms in total. The fourth-order valence-electron chi connectivity index (χ4n) is 2.68. The number of imide groups is 1. The minimum absolute atomic E-state index is 0.0319. The number of carbonyl (C=O) groups excluding carboxylic acids is 3. The van der Waals surface area contributed by atoms with Gasteiger partial charge in [-0.05, 0) is 24.6 Å². The molecule has 116 valence electrons. The third-order valence-corrected chi connectivity index (χ3v) is 3.83. The van der Waals surface area contributed by atoms with Crippen molar-refractivity contribution in [1.82, 2.24) is 10.6 Å². The van der Waals surface area contributed by atoms with Gasteiger partial charge in [0.25, 0.3) is 0 Å². The van der Waals surface area contributed by atoms with Crippen LogP contribution in [0.3, 0.4) is 0 Å². The maximum Gasteiger partial charge on any atom is 0.249 e. The zero-order valence-electron chi connectivity index (χ0n) is 12.1. The van der Waals surface area contributed by atoms with Crippen LogP contribution < -0.4 is 20.9 Å². The Kier molecular flexibility index (Phi) is 4.06. The quantitative estimate of drug-likeness (QED) is 0.675. The van der Waals surface area contributed by atoms with E-state index in [1.807, 2.05) is 24.3 Å². The third-order valence-electron chi connectivity index (χ3n) is 3.83. The van der Waals surface area contributed by atoms with E-state index >= 15 is 0 Å². The van der Waals surface area contributed by atoms with Crippen molar-refractivity contribution in [3.8, 4) is 0 Å². The minimum Gasteiger partial charge on any atom is -0.374 e. The van der Waals surface area contributed by atoms with E-state index in [0.717, 1.165) is 17.9 Å². The van der Waals surface area contributed by atoms with E-state index in [1.165, 1.54) is 0 Å². The molecule has 1 aromatic carbocycles. The summed E-state index contributed by atoms with van der Waals surface area (Å²) < 4.78 is 0. The Bertz CT molecular complexity index is 617. The van der Waals surface area contributed by atoms with Gasteiger partial charge >= 0.3 is 0 Å². The van der Waals surface area contributed by atoms with Gasteiger partial charge in [-0.3, -0.25) is 19.7 Å². The molecule has 0 aliphatic carbocycles. The molecule has 2 heterocycles. The van der Waals surface area contributed by atoms with Crippen LogP contribution in [-0.4, -0.2) is 43.4 Å². The molecule has 3 amide bonds. The van der Waals surface area contributed by atoms with E-state index in [9.17, 15) is 14.4 Å². The van der Waals surface area contributed by atoms with Crippen LogP contribution in [0.25, 0.3) is 0 Å². The molecule has 7 heteroatoms. The summed E-state index contributed by atoms with van der Waals surface area (Å²) in [5, 5.41) is 8.48. The molecule has 2 aliphatic heterocycles. The molecule has 0 bridgehead atoms. The van der Waals surface area contributed by atoms with Gasteiger partial charge in [-0.25, -0.2) is 0 Å². The van der Waals surface area contributed by atoms with Gasteiger partial charge in [0, 0.05) is 30.9 Å². The van der Waals surface area contributed by atoms with Crippen LogP contribution in [0.5, 0.6) is 0 Å². The summed E-state index contributed by atoms with van der Waals surface area (Å²) in [5.74, 6) is -0.507. The van der Waals surface area contributed by atoms with E-state index in [1.54, 1.807) is 4.90 Å². The highest BCUT2D eigenvalue weighted by atomic mass is 16.2. The number of benzene rings is 1. The number of piperidine rings is 1.